The van der Waals surface area contributed by atoms with Crippen LogP contribution in [0.1, 0.15) is 42.6 Å². The van der Waals surface area contributed by atoms with Crippen molar-refractivity contribution in [1.29, 1.82) is 0 Å². The molecule has 1 aliphatic heterocycles. The van der Waals surface area contributed by atoms with Gasteiger partial charge in [-0.2, -0.15) is 0 Å². The van der Waals surface area contributed by atoms with Crippen LogP contribution in [0.5, 0.6) is 0 Å². The number of hydrogen-bond donors (Lipinski definition) is 2. The Morgan fingerprint density at radius 3 is 2.60 bits per heavy atom. The fourth-order valence-corrected chi connectivity index (χ4v) is 1.86. The zero-order chi connectivity index (χ0) is 15.1. The average Bonchev–Trinajstić information content (AvgIpc) is 2.44. The number of benzene rings is 1. The topological polar surface area (TPSA) is 75.3 Å². The van der Waals surface area contributed by atoms with Crippen LogP contribution >= 0.6 is 0 Å². The molecule has 0 radical (unpaired) electrons. The molecule has 0 aromatic heterocycles. The van der Waals surface area contributed by atoms with Crippen molar-refractivity contribution in [2.24, 2.45) is 0 Å². The minimum atomic E-state index is -0.629. The Morgan fingerprint density at radius 2 is 2.00 bits per heavy atom. The summed E-state index contributed by atoms with van der Waals surface area (Å²) >= 11 is 0. The molecule has 1 heterocycles. The van der Waals surface area contributed by atoms with E-state index in [4.69, 9.17) is 0 Å². The zero-order valence-corrected chi connectivity index (χ0v) is 12.0. The maximum absolute atomic E-state index is 11.9. The molecule has 1 atom stereocenters. The highest BCUT2D eigenvalue weighted by Crippen LogP contribution is 2.08. The molecule has 3 amide bonds. The summed E-state index contributed by atoms with van der Waals surface area (Å²) in [6.07, 6.45) is 0.604. The van der Waals surface area contributed by atoms with Crippen LogP contribution in [0.2, 0.25) is 0 Å². The second-order valence-corrected chi connectivity index (χ2v) is 4.35. The smallest absolute Gasteiger partial charge is 0.251 e. The van der Waals surface area contributed by atoms with Crippen molar-refractivity contribution < 1.29 is 14.4 Å². The van der Waals surface area contributed by atoms with Gasteiger partial charge in [-0.15, -0.1) is 0 Å². The summed E-state index contributed by atoms with van der Waals surface area (Å²) < 4.78 is 0. The van der Waals surface area contributed by atoms with Gasteiger partial charge in [-0.1, -0.05) is 31.5 Å². The highest BCUT2D eigenvalue weighted by Gasteiger charge is 2.27. The van der Waals surface area contributed by atoms with E-state index in [1.165, 1.54) is 0 Å². The van der Waals surface area contributed by atoms with Gasteiger partial charge in [0.25, 0.3) is 5.91 Å². The van der Waals surface area contributed by atoms with E-state index in [9.17, 15) is 14.4 Å². The quantitative estimate of drug-likeness (QED) is 0.805. The van der Waals surface area contributed by atoms with Crippen LogP contribution in [0.4, 0.5) is 0 Å². The van der Waals surface area contributed by atoms with Crippen molar-refractivity contribution in [1.82, 2.24) is 10.6 Å². The van der Waals surface area contributed by atoms with Crippen LogP contribution in [0.15, 0.2) is 24.3 Å². The van der Waals surface area contributed by atoms with Gasteiger partial charge in [0.15, 0.2) is 0 Å². The van der Waals surface area contributed by atoms with Crippen molar-refractivity contribution in [3.05, 3.63) is 35.4 Å². The highest BCUT2D eigenvalue weighted by molar-refractivity contribution is 6.03. The molecule has 0 spiro atoms. The normalized spacial score (nSPS) is 17.6. The van der Waals surface area contributed by atoms with Gasteiger partial charge in [0, 0.05) is 12.0 Å². The summed E-state index contributed by atoms with van der Waals surface area (Å²) in [6, 6.07) is 6.49. The van der Waals surface area contributed by atoms with Gasteiger partial charge in [-0.05, 0) is 25.5 Å². The Bertz CT molecular complexity index is 512. The molecule has 1 unspecified atom stereocenters. The fourth-order valence-electron chi connectivity index (χ4n) is 1.86. The molecule has 1 aromatic rings. The fraction of sp³-hybridized carbons (Fsp3) is 0.400. The van der Waals surface area contributed by atoms with Gasteiger partial charge in [0.05, 0.1) is 0 Å². The first-order valence-corrected chi connectivity index (χ1v) is 6.77. The van der Waals surface area contributed by atoms with Crippen LogP contribution in [0, 0.1) is 6.92 Å². The van der Waals surface area contributed by atoms with Gasteiger partial charge >= 0.3 is 0 Å². The average molecular weight is 276 g/mol. The summed E-state index contributed by atoms with van der Waals surface area (Å²) in [5.74, 6) is -1.03. The lowest BCUT2D eigenvalue weighted by molar-refractivity contribution is -0.134. The number of carbonyl (C=O) groups is 3. The number of imide groups is 1. The molecule has 1 fully saturated rings. The third kappa shape index (κ3) is 4.19. The number of rotatable bonds is 2. The predicted molar refractivity (Wildman–Crippen MR) is 76.2 cm³/mol. The monoisotopic (exact) mass is 276 g/mol. The summed E-state index contributed by atoms with van der Waals surface area (Å²) in [4.78, 5) is 34.4. The number of carbonyl (C=O) groups excluding carboxylic acids is 3. The molecular weight excluding hydrogens is 256 g/mol. The lowest BCUT2D eigenvalue weighted by Crippen LogP contribution is -2.52. The molecule has 5 nitrogen and oxygen atoms in total. The maximum atomic E-state index is 11.9. The number of hydrogen-bond acceptors (Lipinski definition) is 3. The van der Waals surface area contributed by atoms with Gasteiger partial charge < -0.3 is 5.32 Å². The lowest BCUT2D eigenvalue weighted by Gasteiger charge is -2.21. The first-order chi connectivity index (χ1) is 9.56. The van der Waals surface area contributed by atoms with Crippen LogP contribution in [0.25, 0.3) is 0 Å². The van der Waals surface area contributed by atoms with Crippen LogP contribution < -0.4 is 10.6 Å². The van der Waals surface area contributed by atoms with Crippen molar-refractivity contribution in [2.75, 3.05) is 0 Å². The second kappa shape index (κ2) is 7.43. The Morgan fingerprint density at radius 1 is 1.30 bits per heavy atom. The Labute approximate surface area is 118 Å². The summed E-state index contributed by atoms with van der Waals surface area (Å²) in [5, 5.41) is 4.83. The van der Waals surface area contributed by atoms with E-state index >= 15 is 0 Å². The molecule has 1 aliphatic rings. The maximum Gasteiger partial charge on any atom is 0.251 e. The number of aryl methyl sites for hydroxylation is 1. The second-order valence-electron chi connectivity index (χ2n) is 4.35. The predicted octanol–water partition coefficient (Wildman–Crippen LogP) is 1.56. The van der Waals surface area contributed by atoms with E-state index in [1.54, 1.807) is 18.2 Å². The third-order valence-corrected chi connectivity index (χ3v) is 2.82. The molecule has 2 rings (SSSR count). The standard InChI is InChI=1S/C13H14N2O3.C2H6/c1-8-3-2-4-9(7-8)12(17)14-10-5-6-11(16)15-13(10)18;1-2/h2-4,7,10H,5-6H2,1H3,(H,14,17)(H,15,16,18);1-2H3. The summed E-state index contributed by atoms with van der Waals surface area (Å²) in [7, 11) is 0. The third-order valence-electron chi connectivity index (χ3n) is 2.82. The summed E-state index contributed by atoms with van der Waals surface area (Å²) in [6.45, 7) is 5.89. The minimum absolute atomic E-state index is 0.254. The Hall–Kier alpha value is -2.17. The first kappa shape index (κ1) is 15.9. The first-order valence-electron chi connectivity index (χ1n) is 6.77. The van der Waals surface area contributed by atoms with E-state index in [2.05, 4.69) is 10.6 Å². The summed E-state index contributed by atoms with van der Waals surface area (Å²) in [5.41, 5.74) is 1.49. The highest BCUT2D eigenvalue weighted by atomic mass is 16.2. The van der Waals surface area contributed by atoms with E-state index in [-0.39, 0.29) is 18.2 Å². The van der Waals surface area contributed by atoms with E-state index < -0.39 is 11.9 Å². The van der Waals surface area contributed by atoms with Gasteiger partial charge in [-0.25, -0.2) is 0 Å². The molecule has 1 aromatic carbocycles. The van der Waals surface area contributed by atoms with E-state index in [0.29, 0.717) is 12.0 Å². The Balaban J connectivity index is 0.000000956. The molecule has 1 saturated heterocycles. The van der Waals surface area contributed by atoms with Crippen LogP contribution in [-0.4, -0.2) is 23.8 Å². The molecular formula is C15H20N2O3. The number of piperidine rings is 1. The van der Waals surface area contributed by atoms with E-state index in [0.717, 1.165) is 5.56 Å². The van der Waals surface area contributed by atoms with Crippen LogP contribution in [-0.2, 0) is 9.59 Å². The molecule has 0 saturated carbocycles. The Kier molecular flexibility index (Phi) is 5.90. The molecule has 0 aliphatic carbocycles. The molecule has 20 heavy (non-hydrogen) atoms. The van der Waals surface area contributed by atoms with Crippen molar-refractivity contribution in [3.8, 4) is 0 Å². The van der Waals surface area contributed by atoms with Crippen molar-refractivity contribution in [3.63, 3.8) is 0 Å². The molecule has 5 heteroatoms. The minimum Gasteiger partial charge on any atom is -0.340 e. The lowest BCUT2D eigenvalue weighted by atomic mass is 10.1. The zero-order valence-electron chi connectivity index (χ0n) is 12.0. The molecule has 0 bridgehead atoms. The van der Waals surface area contributed by atoms with Gasteiger partial charge in [0.2, 0.25) is 11.8 Å². The molecule has 2 N–H and O–H groups in total. The van der Waals surface area contributed by atoms with Gasteiger partial charge in [0.1, 0.15) is 6.04 Å². The van der Waals surface area contributed by atoms with Gasteiger partial charge in [-0.3, -0.25) is 19.7 Å². The largest absolute Gasteiger partial charge is 0.340 e. The molecule has 108 valence electrons. The van der Waals surface area contributed by atoms with Crippen molar-refractivity contribution >= 4 is 17.7 Å². The van der Waals surface area contributed by atoms with E-state index in [1.807, 2.05) is 26.8 Å². The van der Waals surface area contributed by atoms with Crippen LogP contribution in [0.3, 0.4) is 0 Å². The SMILES string of the molecule is CC.Cc1cccc(C(=O)NC2CCC(=O)NC2=O)c1. The van der Waals surface area contributed by atoms with Crippen molar-refractivity contribution in [2.45, 2.75) is 39.7 Å². The number of amides is 3. The number of nitrogens with one attached hydrogen (secondary N) is 2.